The van der Waals surface area contributed by atoms with Crippen LogP contribution in [0.2, 0.25) is 0 Å². The first-order valence-electron chi connectivity index (χ1n) is 19.8. The number of imide groups is 1. The Morgan fingerprint density at radius 1 is 0.692 bits per heavy atom. The summed E-state index contributed by atoms with van der Waals surface area (Å²) in [7, 11) is 0. The highest BCUT2D eigenvalue weighted by molar-refractivity contribution is 6.05. The van der Waals surface area contributed by atoms with Crippen LogP contribution in [0.4, 0.5) is 11.4 Å². The molecule has 2 aliphatic carbocycles. The van der Waals surface area contributed by atoms with Crippen LogP contribution in [0.25, 0.3) is 0 Å². The first kappa shape index (κ1) is 33.5. The second-order valence-electron chi connectivity index (χ2n) is 16.4. The van der Waals surface area contributed by atoms with Crippen molar-refractivity contribution in [3.8, 4) is 5.75 Å². The van der Waals surface area contributed by atoms with Gasteiger partial charge in [-0.05, 0) is 121 Å². The molecule has 0 radical (unpaired) electrons. The van der Waals surface area contributed by atoms with Crippen molar-refractivity contribution in [2.24, 2.45) is 17.8 Å². The lowest BCUT2D eigenvalue weighted by Crippen LogP contribution is -2.52. The van der Waals surface area contributed by atoms with Gasteiger partial charge < -0.3 is 19.8 Å². The number of phenolic OH excluding ortho intramolecular Hbond substituents is 1. The van der Waals surface area contributed by atoms with E-state index in [1.54, 1.807) is 4.90 Å². The minimum Gasteiger partial charge on any atom is -0.508 e. The fraction of sp³-hybridized carbons (Fsp3) is 0.512. The summed E-state index contributed by atoms with van der Waals surface area (Å²) in [4.78, 5) is 46.5. The monoisotopic (exact) mass is 701 g/mol. The third-order valence-corrected chi connectivity index (χ3v) is 13.0. The van der Waals surface area contributed by atoms with Crippen molar-refractivity contribution in [1.29, 1.82) is 0 Å². The zero-order chi connectivity index (χ0) is 35.3. The van der Waals surface area contributed by atoms with Crippen molar-refractivity contribution in [3.05, 3.63) is 88.5 Å². The molecule has 52 heavy (non-hydrogen) atoms. The van der Waals surface area contributed by atoms with Gasteiger partial charge in [0, 0.05) is 81.6 Å². The van der Waals surface area contributed by atoms with Crippen LogP contribution < -0.4 is 15.1 Å². The lowest BCUT2D eigenvalue weighted by Gasteiger charge is -2.40. The summed E-state index contributed by atoms with van der Waals surface area (Å²) in [6, 6.07) is 21.1. The van der Waals surface area contributed by atoms with Gasteiger partial charge in [0.2, 0.25) is 11.8 Å². The molecule has 3 saturated heterocycles. The molecule has 6 aliphatic rings. The predicted molar refractivity (Wildman–Crippen MR) is 202 cm³/mol. The highest BCUT2D eigenvalue weighted by Crippen LogP contribution is 2.48. The summed E-state index contributed by atoms with van der Waals surface area (Å²) in [5, 5.41) is 12.5. The van der Waals surface area contributed by atoms with Crippen LogP contribution in [0.15, 0.2) is 60.7 Å². The lowest BCUT2D eigenvalue weighted by molar-refractivity contribution is -0.136. The number of fused-ring (bicyclic) bond motifs is 2. The van der Waals surface area contributed by atoms with Crippen LogP contribution >= 0.6 is 0 Å². The molecule has 2 N–H and O–H groups in total. The average molecular weight is 702 g/mol. The van der Waals surface area contributed by atoms with Crippen LogP contribution in [0, 0.1) is 17.8 Å². The summed E-state index contributed by atoms with van der Waals surface area (Å²) < 4.78 is 0. The summed E-state index contributed by atoms with van der Waals surface area (Å²) in [6.45, 7) is 7.76. The smallest absolute Gasteiger partial charge is 0.255 e. The molecule has 0 bridgehead atoms. The molecular weight excluding hydrogens is 651 g/mol. The van der Waals surface area contributed by atoms with Crippen molar-refractivity contribution in [3.63, 3.8) is 0 Å². The first-order valence-corrected chi connectivity index (χ1v) is 19.8. The topological polar surface area (TPSA) is 96.4 Å². The number of anilines is 2. The predicted octanol–water partition coefficient (Wildman–Crippen LogP) is 5.69. The third-order valence-electron chi connectivity index (χ3n) is 13.0. The molecular formula is C43H51N5O4. The van der Waals surface area contributed by atoms with Crippen molar-refractivity contribution < 1.29 is 19.5 Å². The molecule has 3 aromatic carbocycles. The number of carbonyl (C=O) groups excluding carboxylic acids is 3. The SMILES string of the molecule is O=C1CCC(N2Cc3cc(N4CCN(CC5CCN(c6ccc(C7c8ccc(O)cc8CCC7CC7CC7)cc6)CC5)CC4)ccc3C2=O)C(=O)N1. The van der Waals surface area contributed by atoms with Crippen molar-refractivity contribution >= 4 is 29.1 Å². The van der Waals surface area contributed by atoms with Gasteiger partial charge >= 0.3 is 0 Å². The quantitative estimate of drug-likeness (QED) is 0.292. The number of piperazine rings is 1. The van der Waals surface area contributed by atoms with Crippen molar-refractivity contribution in [2.45, 2.75) is 76.3 Å². The average Bonchev–Trinajstić information content (AvgIpc) is 3.92. The van der Waals surface area contributed by atoms with Crippen molar-refractivity contribution in [2.75, 3.05) is 55.6 Å². The molecule has 4 fully saturated rings. The standard InChI is InChI=1S/C43H51N5O4/c49-36-10-12-37-31(25-36)3-4-32(23-28-1-2-28)41(37)30-5-7-34(8-6-30)46-17-15-29(16-18-46)26-45-19-21-47(22-20-45)35-9-11-38-33(24-35)27-48(43(38)52)39-13-14-40(50)44-42(39)51/h5-12,24-25,28-29,32,39,41,49H,1-4,13-23,26-27H2,(H,44,50,51). The van der Waals surface area contributed by atoms with E-state index in [2.05, 4.69) is 62.5 Å². The van der Waals surface area contributed by atoms with E-state index >= 15 is 0 Å². The second-order valence-corrected chi connectivity index (χ2v) is 16.4. The molecule has 9 nitrogen and oxygen atoms in total. The normalized spacial score (nSPS) is 25.7. The molecule has 3 amide bonds. The maximum Gasteiger partial charge on any atom is 0.255 e. The number of phenols is 1. The Balaban J connectivity index is 0.765. The molecule has 272 valence electrons. The number of aromatic hydroxyl groups is 1. The number of hydrogen-bond donors (Lipinski definition) is 2. The minimum absolute atomic E-state index is 0.116. The minimum atomic E-state index is -0.580. The molecule has 4 aliphatic heterocycles. The molecule has 3 aromatic rings. The van der Waals surface area contributed by atoms with Gasteiger partial charge in [-0.3, -0.25) is 24.6 Å². The van der Waals surface area contributed by atoms with Gasteiger partial charge in [-0.15, -0.1) is 0 Å². The van der Waals surface area contributed by atoms with Gasteiger partial charge in [-0.2, -0.15) is 0 Å². The van der Waals surface area contributed by atoms with Gasteiger partial charge in [0.1, 0.15) is 11.8 Å². The van der Waals surface area contributed by atoms with Crippen LogP contribution in [-0.2, 0) is 22.6 Å². The van der Waals surface area contributed by atoms with E-state index in [0.29, 0.717) is 42.0 Å². The zero-order valence-corrected chi connectivity index (χ0v) is 30.1. The Morgan fingerprint density at radius 2 is 1.44 bits per heavy atom. The van der Waals surface area contributed by atoms with E-state index < -0.39 is 6.04 Å². The number of aryl methyl sites for hydroxylation is 1. The first-order chi connectivity index (χ1) is 25.4. The molecule has 3 atom stereocenters. The van der Waals surface area contributed by atoms with Gasteiger partial charge in [-0.25, -0.2) is 0 Å². The number of amides is 3. The fourth-order valence-corrected chi connectivity index (χ4v) is 9.94. The summed E-state index contributed by atoms with van der Waals surface area (Å²) in [5.74, 6) is 2.37. The third kappa shape index (κ3) is 6.68. The molecule has 0 spiro atoms. The van der Waals surface area contributed by atoms with Gasteiger partial charge in [0.05, 0.1) is 0 Å². The Labute approximate surface area is 307 Å². The zero-order valence-electron chi connectivity index (χ0n) is 30.1. The van der Waals surface area contributed by atoms with Gasteiger partial charge in [-0.1, -0.05) is 31.0 Å². The molecule has 3 unspecified atom stereocenters. The van der Waals surface area contributed by atoms with Crippen LogP contribution in [0.5, 0.6) is 5.75 Å². The highest BCUT2D eigenvalue weighted by Gasteiger charge is 2.40. The Hall–Kier alpha value is -4.37. The van der Waals surface area contributed by atoms with E-state index in [-0.39, 0.29) is 24.1 Å². The number of hydrogen-bond acceptors (Lipinski definition) is 7. The van der Waals surface area contributed by atoms with Crippen LogP contribution in [-0.4, -0.2) is 84.5 Å². The summed E-state index contributed by atoms with van der Waals surface area (Å²) >= 11 is 0. The number of nitrogens with zero attached hydrogens (tertiary/aromatic N) is 4. The largest absolute Gasteiger partial charge is 0.508 e. The van der Waals surface area contributed by atoms with E-state index in [1.165, 1.54) is 60.9 Å². The number of carbonyl (C=O) groups is 3. The number of piperidine rings is 2. The highest BCUT2D eigenvalue weighted by atomic mass is 16.3. The van der Waals surface area contributed by atoms with E-state index in [9.17, 15) is 19.5 Å². The number of rotatable bonds is 8. The van der Waals surface area contributed by atoms with Gasteiger partial charge in [0.25, 0.3) is 5.91 Å². The van der Waals surface area contributed by atoms with E-state index in [1.807, 2.05) is 18.2 Å². The molecule has 9 heteroatoms. The fourth-order valence-electron chi connectivity index (χ4n) is 9.94. The molecule has 4 heterocycles. The lowest BCUT2D eigenvalue weighted by atomic mass is 9.70. The van der Waals surface area contributed by atoms with Crippen LogP contribution in [0.3, 0.4) is 0 Å². The molecule has 1 saturated carbocycles. The Bertz CT molecular complexity index is 1840. The van der Waals surface area contributed by atoms with E-state index in [0.717, 1.165) is 69.4 Å². The number of nitrogens with one attached hydrogen (secondary N) is 1. The Kier molecular flexibility index (Phi) is 8.93. The summed E-state index contributed by atoms with van der Waals surface area (Å²) in [6.07, 6.45) is 9.50. The van der Waals surface area contributed by atoms with Crippen molar-refractivity contribution in [1.82, 2.24) is 15.1 Å². The van der Waals surface area contributed by atoms with Crippen LogP contribution in [0.1, 0.15) is 89.9 Å². The Morgan fingerprint density at radius 3 is 2.19 bits per heavy atom. The summed E-state index contributed by atoms with van der Waals surface area (Å²) in [5.41, 5.74) is 8.29. The van der Waals surface area contributed by atoms with Gasteiger partial charge in [0.15, 0.2) is 0 Å². The molecule has 0 aromatic heterocycles. The van der Waals surface area contributed by atoms with E-state index in [4.69, 9.17) is 0 Å². The maximum atomic E-state index is 13.1. The second kappa shape index (κ2) is 13.9. The number of benzene rings is 3. The maximum absolute atomic E-state index is 13.1. The molecule has 9 rings (SSSR count).